The van der Waals surface area contributed by atoms with Crippen LogP contribution in [0.5, 0.6) is 5.75 Å². The first-order valence-corrected chi connectivity index (χ1v) is 6.44. The number of oxime groups is 1. The van der Waals surface area contributed by atoms with Gasteiger partial charge in [-0.05, 0) is 32.9 Å². The van der Waals surface area contributed by atoms with Crippen LogP contribution in [0.2, 0.25) is 0 Å². The predicted octanol–water partition coefficient (Wildman–Crippen LogP) is 4.12. The fourth-order valence-corrected chi connectivity index (χ4v) is 1.23. The smallest absolute Gasteiger partial charge is 0.129 e. The molecule has 0 aromatic heterocycles. The van der Waals surface area contributed by atoms with Gasteiger partial charge in [0.2, 0.25) is 0 Å². The molecular formula is C14H18BrNO2. The minimum Gasteiger partial charge on any atom is -0.488 e. The second-order valence-electron chi connectivity index (χ2n) is 4.78. The van der Waals surface area contributed by atoms with Gasteiger partial charge < -0.3 is 9.57 Å². The van der Waals surface area contributed by atoms with E-state index in [1.54, 1.807) is 6.21 Å². The van der Waals surface area contributed by atoms with Gasteiger partial charge in [0, 0.05) is 10.0 Å². The number of halogens is 1. The molecule has 1 rings (SSSR count). The van der Waals surface area contributed by atoms with E-state index in [-0.39, 0.29) is 5.60 Å². The Morgan fingerprint density at radius 3 is 2.67 bits per heavy atom. The number of benzene rings is 1. The lowest BCUT2D eigenvalue weighted by atomic mass is 10.2. The predicted molar refractivity (Wildman–Crippen MR) is 78.4 cm³/mol. The summed E-state index contributed by atoms with van der Waals surface area (Å²) in [6, 6.07) is 7.64. The van der Waals surface area contributed by atoms with Crippen LogP contribution >= 0.6 is 15.9 Å². The Morgan fingerprint density at radius 1 is 1.39 bits per heavy atom. The van der Waals surface area contributed by atoms with Crippen LogP contribution in [0.1, 0.15) is 26.3 Å². The van der Waals surface area contributed by atoms with Crippen LogP contribution in [-0.4, -0.2) is 18.4 Å². The molecule has 0 saturated heterocycles. The molecule has 0 N–H and O–H groups in total. The average Bonchev–Trinajstić information content (AvgIpc) is 2.26. The number of hydrogen-bond donors (Lipinski definition) is 0. The highest BCUT2D eigenvalue weighted by Gasteiger charge is 2.09. The zero-order valence-electron chi connectivity index (χ0n) is 10.9. The summed E-state index contributed by atoms with van der Waals surface area (Å²) in [6.45, 7) is 9.99. The van der Waals surface area contributed by atoms with Crippen LogP contribution in [0.25, 0.3) is 0 Å². The molecule has 1 aromatic rings. The van der Waals surface area contributed by atoms with Crippen molar-refractivity contribution in [2.45, 2.75) is 26.4 Å². The summed E-state index contributed by atoms with van der Waals surface area (Å²) in [5.41, 5.74) is 0.576. The number of rotatable bonds is 5. The van der Waals surface area contributed by atoms with Crippen LogP contribution < -0.4 is 4.74 Å². The van der Waals surface area contributed by atoms with Crippen LogP contribution in [-0.2, 0) is 4.84 Å². The molecule has 4 heteroatoms. The molecule has 0 spiro atoms. The highest BCUT2D eigenvalue weighted by Crippen LogP contribution is 2.18. The third-order valence-corrected chi connectivity index (χ3v) is 2.05. The minimum absolute atomic E-state index is 0.295. The lowest BCUT2D eigenvalue weighted by Crippen LogP contribution is -2.15. The van der Waals surface area contributed by atoms with Crippen LogP contribution in [0.3, 0.4) is 0 Å². The Balaban J connectivity index is 2.72. The van der Waals surface area contributed by atoms with Gasteiger partial charge in [0.25, 0.3) is 0 Å². The lowest BCUT2D eigenvalue weighted by Gasteiger charge is -2.15. The summed E-state index contributed by atoms with van der Waals surface area (Å²) in [6.07, 6.45) is 1.65. The second kappa shape index (κ2) is 6.59. The fourth-order valence-electron chi connectivity index (χ4n) is 1.12. The summed E-state index contributed by atoms with van der Waals surface area (Å²) < 4.78 is 6.38. The van der Waals surface area contributed by atoms with Gasteiger partial charge in [0.05, 0.1) is 6.21 Å². The molecule has 3 nitrogen and oxygen atoms in total. The maximum Gasteiger partial charge on any atom is 0.129 e. The molecule has 0 bridgehead atoms. The first-order chi connectivity index (χ1) is 8.38. The molecule has 0 heterocycles. The molecule has 0 aliphatic carbocycles. The standard InChI is InChI=1S/C14H18BrNO2/c1-11(15)10-17-13-8-6-5-7-12(13)9-16-18-14(2,3)4/h5-9H,1,10H2,2-4H3/b16-9+. The zero-order chi connectivity index (χ0) is 13.6. The van der Waals surface area contributed by atoms with Crippen molar-refractivity contribution in [2.24, 2.45) is 5.16 Å². The summed E-state index contributed by atoms with van der Waals surface area (Å²) in [7, 11) is 0. The van der Waals surface area contributed by atoms with Crippen molar-refractivity contribution in [1.29, 1.82) is 0 Å². The molecule has 0 amide bonds. The molecule has 0 saturated carbocycles. The summed E-state index contributed by atoms with van der Waals surface area (Å²) in [4.78, 5) is 5.30. The topological polar surface area (TPSA) is 30.8 Å². The van der Waals surface area contributed by atoms with Crippen molar-refractivity contribution in [3.8, 4) is 5.75 Å². The van der Waals surface area contributed by atoms with Gasteiger partial charge in [-0.15, -0.1) is 0 Å². The normalized spacial score (nSPS) is 11.6. The molecule has 0 aliphatic heterocycles. The van der Waals surface area contributed by atoms with Gasteiger partial charge in [-0.1, -0.05) is 39.8 Å². The number of para-hydroxylation sites is 1. The average molecular weight is 312 g/mol. The molecule has 1 aromatic carbocycles. The van der Waals surface area contributed by atoms with E-state index in [0.29, 0.717) is 6.61 Å². The highest BCUT2D eigenvalue weighted by atomic mass is 79.9. The van der Waals surface area contributed by atoms with Crippen LogP contribution in [0.4, 0.5) is 0 Å². The highest BCUT2D eigenvalue weighted by molar-refractivity contribution is 9.11. The lowest BCUT2D eigenvalue weighted by molar-refractivity contribution is 0.00197. The molecule has 0 aliphatic rings. The van der Waals surface area contributed by atoms with Gasteiger partial charge in [0.1, 0.15) is 18.0 Å². The van der Waals surface area contributed by atoms with E-state index in [1.807, 2.05) is 45.0 Å². The Bertz CT molecular complexity index is 436. The molecule has 0 radical (unpaired) electrons. The summed E-state index contributed by atoms with van der Waals surface area (Å²) >= 11 is 3.26. The first-order valence-electron chi connectivity index (χ1n) is 5.65. The Labute approximate surface area is 117 Å². The van der Waals surface area contributed by atoms with Gasteiger partial charge in [0.15, 0.2) is 0 Å². The van der Waals surface area contributed by atoms with E-state index in [4.69, 9.17) is 9.57 Å². The summed E-state index contributed by atoms with van der Waals surface area (Å²) in [5.74, 6) is 0.749. The fraction of sp³-hybridized carbons (Fsp3) is 0.357. The van der Waals surface area contributed by atoms with E-state index < -0.39 is 0 Å². The number of hydrogen-bond acceptors (Lipinski definition) is 3. The maximum atomic E-state index is 5.59. The quantitative estimate of drug-likeness (QED) is 0.605. The van der Waals surface area contributed by atoms with Crippen molar-refractivity contribution >= 4 is 22.1 Å². The third-order valence-electron chi connectivity index (χ3n) is 1.82. The maximum absolute atomic E-state index is 5.59. The van der Waals surface area contributed by atoms with Gasteiger partial charge in [-0.2, -0.15) is 0 Å². The van der Waals surface area contributed by atoms with Gasteiger partial charge in [-0.25, -0.2) is 0 Å². The van der Waals surface area contributed by atoms with Gasteiger partial charge >= 0.3 is 0 Å². The van der Waals surface area contributed by atoms with E-state index in [2.05, 4.69) is 27.7 Å². The van der Waals surface area contributed by atoms with Crippen molar-refractivity contribution in [2.75, 3.05) is 6.61 Å². The van der Waals surface area contributed by atoms with Gasteiger partial charge in [-0.3, -0.25) is 0 Å². The number of nitrogens with zero attached hydrogens (tertiary/aromatic N) is 1. The van der Waals surface area contributed by atoms with Crippen molar-refractivity contribution in [3.05, 3.63) is 40.9 Å². The minimum atomic E-state index is -0.295. The van der Waals surface area contributed by atoms with Crippen LogP contribution in [0, 0.1) is 0 Å². The Kier molecular flexibility index (Phi) is 5.41. The number of ether oxygens (including phenoxy) is 1. The Hall–Kier alpha value is -1.29. The van der Waals surface area contributed by atoms with Crippen LogP contribution in [0.15, 0.2) is 40.5 Å². The van der Waals surface area contributed by atoms with E-state index in [9.17, 15) is 0 Å². The largest absolute Gasteiger partial charge is 0.488 e. The van der Waals surface area contributed by atoms with E-state index in [1.165, 1.54) is 0 Å². The molecular weight excluding hydrogens is 294 g/mol. The third kappa shape index (κ3) is 5.87. The molecule has 18 heavy (non-hydrogen) atoms. The van der Waals surface area contributed by atoms with E-state index in [0.717, 1.165) is 15.8 Å². The van der Waals surface area contributed by atoms with E-state index >= 15 is 0 Å². The molecule has 0 fully saturated rings. The SMILES string of the molecule is C=C(Br)COc1ccccc1/C=N/OC(C)(C)C. The molecule has 98 valence electrons. The summed E-state index contributed by atoms with van der Waals surface area (Å²) in [5, 5.41) is 3.96. The second-order valence-corrected chi connectivity index (χ2v) is 5.90. The van der Waals surface area contributed by atoms with Crippen molar-refractivity contribution in [1.82, 2.24) is 0 Å². The first kappa shape index (κ1) is 14.8. The Morgan fingerprint density at radius 2 is 2.06 bits per heavy atom. The zero-order valence-corrected chi connectivity index (χ0v) is 12.5. The molecule has 0 atom stereocenters. The van der Waals surface area contributed by atoms with Crippen molar-refractivity contribution < 1.29 is 9.57 Å². The van der Waals surface area contributed by atoms with Crippen molar-refractivity contribution in [3.63, 3.8) is 0 Å². The monoisotopic (exact) mass is 311 g/mol. The molecule has 0 unspecified atom stereocenters.